The van der Waals surface area contributed by atoms with E-state index in [0.29, 0.717) is 6.54 Å². The van der Waals surface area contributed by atoms with Crippen LogP contribution in [0.25, 0.3) is 0 Å². The molecule has 0 amide bonds. The molecule has 2 aromatic heterocycles. The van der Waals surface area contributed by atoms with Gasteiger partial charge in [-0.1, -0.05) is 0 Å². The van der Waals surface area contributed by atoms with Gasteiger partial charge in [-0.05, 0) is 31.2 Å². The summed E-state index contributed by atoms with van der Waals surface area (Å²) in [5.74, 6) is -0.429. The van der Waals surface area contributed by atoms with Gasteiger partial charge < -0.3 is 9.30 Å². The van der Waals surface area contributed by atoms with E-state index in [-0.39, 0.29) is 18.5 Å². The normalized spacial score (nSPS) is 10.9. The number of rotatable bonds is 5. The first-order valence-electron chi connectivity index (χ1n) is 6.07. The minimum atomic E-state index is -0.525. The molecule has 0 aliphatic rings. The lowest BCUT2D eigenvalue weighted by molar-refractivity contribution is 0.0505. The van der Waals surface area contributed by atoms with Crippen LogP contribution >= 0.6 is 0 Å². The van der Waals surface area contributed by atoms with Crippen molar-refractivity contribution >= 4 is 5.97 Å². The Kier molecular flexibility index (Phi) is 3.88. The average Bonchev–Trinajstić information content (AvgIpc) is 2.98. The third kappa shape index (κ3) is 2.78. The van der Waals surface area contributed by atoms with Crippen LogP contribution in [0, 0.1) is 0 Å². The molecule has 2 rings (SSSR count). The van der Waals surface area contributed by atoms with Gasteiger partial charge in [0.05, 0.1) is 31.4 Å². The van der Waals surface area contributed by atoms with Crippen LogP contribution in [0.15, 0.2) is 12.5 Å². The van der Waals surface area contributed by atoms with Crippen LogP contribution in [0.1, 0.15) is 43.1 Å². The fraction of sp³-hybridized carbons (Fsp3) is 0.545. The number of carbonyl (C=O) groups is 1. The molecule has 0 fully saturated rings. The summed E-state index contributed by atoms with van der Waals surface area (Å²) in [6.07, 6.45) is 3.48. The van der Waals surface area contributed by atoms with Gasteiger partial charge in [-0.15, -0.1) is 5.10 Å². The maximum Gasteiger partial charge on any atom is 0.378 e. The third-order valence-corrected chi connectivity index (χ3v) is 2.60. The summed E-state index contributed by atoms with van der Waals surface area (Å²) in [4.78, 5) is 15.8. The minimum Gasteiger partial charge on any atom is -0.460 e. The Bertz CT molecular complexity index is 559. The Labute approximate surface area is 110 Å². The lowest BCUT2D eigenvalue weighted by Gasteiger charge is -2.11. The maximum absolute atomic E-state index is 11.7. The van der Waals surface area contributed by atoms with Crippen LogP contribution in [0.3, 0.4) is 0 Å². The molecule has 0 saturated carbocycles. The van der Waals surface area contributed by atoms with Gasteiger partial charge in [0, 0.05) is 6.04 Å². The Morgan fingerprint density at radius 2 is 2.26 bits per heavy atom. The van der Waals surface area contributed by atoms with Crippen LogP contribution < -0.4 is 0 Å². The Morgan fingerprint density at radius 1 is 1.47 bits per heavy atom. The Morgan fingerprint density at radius 3 is 2.95 bits per heavy atom. The monoisotopic (exact) mass is 264 g/mol. The highest BCUT2D eigenvalue weighted by Gasteiger charge is 2.18. The second-order valence-corrected chi connectivity index (χ2v) is 4.27. The van der Waals surface area contributed by atoms with Crippen LogP contribution in [-0.4, -0.2) is 42.3 Å². The molecule has 8 heteroatoms. The van der Waals surface area contributed by atoms with Gasteiger partial charge in [0.2, 0.25) is 0 Å². The second kappa shape index (κ2) is 5.59. The van der Waals surface area contributed by atoms with Crippen molar-refractivity contribution in [3.8, 4) is 0 Å². The number of ether oxygens (including phenoxy) is 1. The highest BCUT2D eigenvalue weighted by atomic mass is 16.5. The molecule has 0 saturated heterocycles. The average molecular weight is 264 g/mol. The van der Waals surface area contributed by atoms with Crippen LogP contribution in [0.4, 0.5) is 0 Å². The summed E-state index contributed by atoms with van der Waals surface area (Å²) in [6.45, 7) is 6.50. The van der Waals surface area contributed by atoms with E-state index in [1.165, 1.54) is 4.68 Å². The molecule has 0 unspecified atom stereocenters. The third-order valence-electron chi connectivity index (χ3n) is 2.60. The lowest BCUT2D eigenvalue weighted by atomic mass is 10.3. The molecule has 102 valence electrons. The summed E-state index contributed by atoms with van der Waals surface area (Å²) in [6, 6.07) is 0.278. The molecular weight excluding hydrogens is 248 g/mol. The number of hydrogen-bond acceptors (Lipinski definition) is 6. The predicted octanol–water partition coefficient (Wildman–Crippen LogP) is 0.675. The van der Waals surface area contributed by atoms with Crippen LogP contribution in [-0.2, 0) is 11.3 Å². The number of hydrogen-bond donors (Lipinski definition) is 0. The molecule has 0 bridgehead atoms. The fourth-order valence-corrected chi connectivity index (χ4v) is 1.73. The van der Waals surface area contributed by atoms with E-state index < -0.39 is 5.97 Å². The number of aromatic nitrogens is 6. The van der Waals surface area contributed by atoms with Crippen molar-refractivity contribution in [2.24, 2.45) is 0 Å². The van der Waals surface area contributed by atoms with Crippen molar-refractivity contribution in [2.45, 2.75) is 33.4 Å². The van der Waals surface area contributed by atoms with Crippen molar-refractivity contribution in [1.29, 1.82) is 0 Å². The standard InChI is InChI=1S/C11H16N6O2/c1-4-19-11(18)10-13-14-15-17(10)6-9-5-12-7-16(9)8(2)3/h5,7-8H,4,6H2,1-3H3. The van der Waals surface area contributed by atoms with Crippen LogP contribution in [0.5, 0.6) is 0 Å². The van der Waals surface area contributed by atoms with Crippen molar-refractivity contribution in [3.05, 3.63) is 24.0 Å². The lowest BCUT2D eigenvalue weighted by Crippen LogP contribution is -2.17. The molecule has 2 aromatic rings. The molecule has 0 radical (unpaired) electrons. The zero-order chi connectivity index (χ0) is 13.8. The largest absolute Gasteiger partial charge is 0.460 e. The summed E-state index contributed by atoms with van der Waals surface area (Å²) in [5.41, 5.74) is 0.924. The molecule has 8 nitrogen and oxygen atoms in total. The van der Waals surface area contributed by atoms with E-state index in [2.05, 4.69) is 34.4 Å². The quantitative estimate of drug-likeness (QED) is 0.738. The highest BCUT2D eigenvalue weighted by molar-refractivity contribution is 5.85. The van der Waals surface area contributed by atoms with Gasteiger partial charge in [0.25, 0.3) is 5.82 Å². The fourth-order valence-electron chi connectivity index (χ4n) is 1.73. The van der Waals surface area contributed by atoms with Gasteiger partial charge in [-0.3, -0.25) is 0 Å². The highest BCUT2D eigenvalue weighted by Crippen LogP contribution is 2.10. The molecule has 0 aliphatic heterocycles. The van der Waals surface area contributed by atoms with Gasteiger partial charge in [-0.2, -0.15) is 0 Å². The first-order valence-corrected chi connectivity index (χ1v) is 6.07. The SMILES string of the molecule is CCOC(=O)c1nnnn1Cc1cncn1C(C)C. The van der Waals surface area contributed by atoms with Crippen molar-refractivity contribution < 1.29 is 9.53 Å². The summed E-state index contributed by atoms with van der Waals surface area (Å²) < 4.78 is 8.31. The first-order chi connectivity index (χ1) is 9.13. The van der Waals surface area contributed by atoms with Gasteiger partial charge in [0.15, 0.2) is 0 Å². The van der Waals surface area contributed by atoms with E-state index in [1.54, 1.807) is 19.4 Å². The number of carbonyl (C=O) groups excluding carboxylic acids is 1. The molecule has 19 heavy (non-hydrogen) atoms. The minimum absolute atomic E-state index is 0.0957. The van der Waals surface area contributed by atoms with E-state index >= 15 is 0 Å². The van der Waals surface area contributed by atoms with E-state index in [1.807, 2.05) is 4.57 Å². The van der Waals surface area contributed by atoms with Crippen LogP contribution in [0.2, 0.25) is 0 Å². The van der Waals surface area contributed by atoms with Crippen molar-refractivity contribution in [1.82, 2.24) is 29.8 Å². The van der Waals surface area contributed by atoms with E-state index in [4.69, 9.17) is 4.74 Å². The topological polar surface area (TPSA) is 87.7 Å². The Balaban J connectivity index is 2.22. The van der Waals surface area contributed by atoms with E-state index in [9.17, 15) is 4.79 Å². The van der Waals surface area contributed by atoms with Crippen molar-refractivity contribution in [3.63, 3.8) is 0 Å². The molecule has 0 spiro atoms. The summed E-state index contributed by atoms with van der Waals surface area (Å²) in [5, 5.41) is 11.0. The second-order valence-electron chi connectivity index (χ2n) is 4.27. The molecule has 0 atom stereocenters. The molecule has 0 aliphatic carbocycles. The Hall–Kier alpha value is -2.25. The molecular formula is C11H16N6O2. The van der Waals surface area contributed by atoms with Crippen molar-refractivity contribution in [2.75, 3.05) is 6.61 Å². The maximum atomic E-state index is 11.7. The van der Waals surface area contributed by atoms with E-state index in [0.717, 1.165) is 5.69 Å². The van der Waals surface area contributed by atoms with Gasteiger partial charge in [0.1, 0.15) is 0 Å². The molecule has 0 aromatic carbocycles. The number of imidazole rings is 1. The van der Waals surface area contributed by atoms with Gasteiger partial charge >= 0.3 is 5.97 Å². The number of tetrazole rings is 1. The first kappa shape index (κ1) is 13.2. The summed E-state index contributed by atoms with van der Waals surface area (Å²) >= 11 is 0. The predicted molar refractivity (Wildman–Crippen MR) is 65.5 cm³/mol. The number of nitrogens with zero attached hydrogens (tertiary/aromatic N) is 6. The number of esters is 1. The zero-order valence-electron chi connectivity index (χ0n) is 11.1. The molecule has 0 N–H and O–H groups in total. The molecule has 2 heterocycles. The van der Waals surface area contributed by atoms with Gasteiger partial charge in [-0.25, -0.2) is 14.5 Å². The smallest absolute Gasteiger partial charge is 0.378 e. The zero-order valence-corrected chi connectivity index (χ0v) is 11.1. The summed E-state index contributed by atoms with van der Waals surface area (Å²) in [7, 11) is 0.